The van der Waals surface area contributed by atoms with Gasteiger partial charge in [0, 0.05) is 18.6 Å². The van der Waals surface area contributed by atoms with Crippen LogP contribution in [-0.4, -0.2) is 76.9 Å². The van der Waals surface area contributed by atoms with E-state index in [4.69, 9.17) is 28.4 Å². The zero-order valence-electron chi connectivity index (χ0n) is 15.7. The summed E-state index contributed by atoms with van der Waals surface area (Å²) in [5.41, 5.74) is 0. The lowest BCUT2D eigenvalue weighted by atomic mass is 10.4. The zero-order chi connectivity index (χ0) is 20.3. The second-order valence-electron chi connectivity index (χ2n) is 4.96. The van der Waals surface area contributed by atoms with E-state index in [-0.39, 0.29) is 58.8 Å². The van der Waals surface area contributed by atoms with Gasteiger partial charge in [-0.05, 0) is 0 Å². The van der Waals surface area contributed by atoms with Crippen molar-refractivity contribution in [3.63, 3.8) is 0 Å². The van der Waals surface area contributed by atoms with Gasteiger partial charge < -0.3 is 28.4 Å². The van der Waals surface area contributed by atoms with E-state index in [1.165, 1.54) is 0 Å². The van der Waals surface area contributed by atoms with Crippen molar-refractivity contribution in [1.29, 1.82) is 0 Å². The molecule has 0 fully saturated rings. The molecule has 154 valence electrons. The van der Waals surface area contributed by atoms with Gasteiger partial charge in [-0.15, -0.1) is 0 Å². The highest BCUT2D eigenvalue weighted by atomic mass is 16.6. The molecule has 0 aliphatic heterocycles. The number of carbonyl (C=O) groups is 3. The van der Waals surface area contributed by atoms with Gasteiger partial charge in [-0.3, -0.25) is 4.79 Å². The lowest BCUT2D eigenvalue weighted by Gasteiger charge is -2.18. The summed E-state index contributed by atoms with van der Waals surface area (Å²) in [6.45, 7) is 9.48. The van der Waals surface area contributed by atoms with Crippen molar-refractivity contribution in [3.8, 4) is 0 Å². The van der Waals surface area contributed by atoms with E-state index in [9.17, 15) is 14.4 Å². The molecule has 0 radical (unpaired) electrons. The Labute approximate surface area is 159 Å². The summed E-state index contributed by atoms with van der Waals surface area (Å²) < 4.78 is 30.8. The Hall–Kier alpha value is -2.23. The van der Waals surface area contributed by atoms with Crippen LogP contribution >= 0.6 is 0 Å². The van der Waals surface area contributed by atoms with Crippen molar-refractivity contribution in [2.75, 3.05) is 52.9 Å². The molecule has 9 heteroatoms. The first-order valence-corrected chi connectivity index (χ1v) is 8.54. The van der Waals surface area contributed by atoms with Crippen LogP contribution in [0.3, 0.4) is 0 Å². The smallest absolute Gasteiger partial charge is 0.330 e. The number of esters is 3. The molecule has 0 heterocycles. The van der Waals surface area contributed by atoms with Gasteiger partial charge in [0.2, 0.25) is 0 Å². The summed E-state index contributed by atoms with van der Waals surface area (Å²) in [7, 11) is 0. The Balaban J connectivity index is 4.05. The summed E-state index contributed by atoms with van der Waals surface area (Å²) in [6, 6.07) is 0. The maximum atomic E-state index is 11.1. The Bertz CT molecular complexity index is 432. The molecule has 0 amide bonds. The van der Waals surface area contributed by atoms with Gasteiger partial charge in [0.25, 0.3) is 0 Å². The Kier molecular flexibility index (Phi) is 15.8. The number of rotatable bonds is 17. The molecule has 0 rings (SSSR count). The van der Waals surface area contributed by atoms with E-state index in [0.717, 1.165) is 12.2 Å². The zero-order valence-corrected chi connectivity index (χ0v) is 15.7. The van der Waals surface area contributed by atoms with Crippen molar-refractivity contribution < 1.29 is 42.8 Å². The van der Waals surface area contributed by atoms with E-state index < -0.39 is 18.0 Å². The molecule has 0 aromatic heterocycles. The van der Waals surface area contributed by atoms with E-state index >= 15 is 0 Å². The van der Waals surface area contributed by atoms with E-state index in [2.05, 4.69) is 13.2 Å². The standard InChI is InChI=1S/C18H28O9/c1-4-16(19)25-9-7-22-13-15(24-11-12-27-18(21)6-3)14-23-8-10-26-17(20)5-2/h4-5,15H,1-2,6-14H2,3H3. The first-order chi connectivity index (χ1) is 13.0. The van der Waals surface area contributed by atoms with E-state index in [1.54, 1.807) is 6.92 Å². The minimum atomic E-state index is -0.526. The summed E-state index contributed by atoms with van der Waals surface area (Å²) in [4.78, 5) is 32.9. The number of carbonyl (C=O) groups excluding carboxylic acids is 3. The third-order valence-corrected chi connectivity index (χ3v) is 2.87. The molecule has 0 N–H and O–H groups in total. The molecule has 0 unspecified atom stereocenters. The number of hydrogen-bond donors (Lipinski definition) is 0. The molecule has 27 heavy (non-hydrogen) atoms. The van der Waals surface area contributed by atoms with Gasteiger partial charge in [-0.1, -0.05) is 20.1 Å². The van der Waals surface area contributed by atoms with Gasteiger partial charge in [0.1, 0.15) is 25.9 Å². The number of ether oxygens (including phenoxy) is 6. The van der Waals surface area contributed by atoms with Crippen molar-refractivity contribution in [2.45, 2.75) is 19.4 Å². The monoisotopic (exact) mass is 388 g/mol. The third-order valence-electron chi connectivity index (χ3n) is 2.87. The van der Waals surface area contributed by atoms with Crippen LogP contribution in [0.25, 0.3) is 0 Å². The van der Waals surface area contributed by atoms with Crippen LogP contribution in [0.15, 0.2) is 25.3 Å². The summed E-state index contributed by atoms with van der Waals surface area (Å²) in [5.74, 6) is -1.36. The fourth-order valence-electron chi connectivity index (χ4n) is 1.57. The molecule has 0 atom stereocenters. The topological polar surface area (TPSA) is 107 Å². The SMILES string of the molecule is C=CC(=O)OCCOCC(COCCOC(=O)C=C)OCCOC(=O)CC. The minimum Gasteiger partial charge on any atom is -0.463 e. The molecule has 0 saturated carbocycles. The first kappa shape index (κ1) is 24.8. The minimum absolute atomic E-state index is 0.0873. The second-order valence-corrected chi connectivity index (χ2v) is 4.96. The van der Waals surface area contributed by atoms with Gasteiger partial charge in [-0.2, -0.15) is 0 Å². The Morgan fingerprint density at radius 1 is 0.778 bits per heavy atom. The van der Waals surface area contributed by atoms with Gasteiger partial charge in [0.05, 0.1) is 33.0 Å². The molecule has 0 saturated heterocycles. The van der Waals surface area contributed by atoms with Crippen LogP contribution in [0.2, 0.25) is 0 Å². The molecule has 0 aromatic rings. The van der Waals surface area contributed by atoms with Crippen molar-refractivity contribution >= 4 is 17.9 Å². The van der Waals surface area contributed by atoms with Crippen LogP contribution in [0.4, 0.5) is 0 Å². The molecule has 0 bridgehead atoms. The van der Waals surface area contributed by atoms with Crippen LogP contribution < -0.4 is 0 Å². The fraction of sp³-hybridized carbons (Fsp3) is 0.611. The second kappa shape index (κ2) is 17.2. The maximum absolute atomic E-state index is 11.1. The third kappa shape index (κ3) is 15.7. The fourth-order valence-corrected chi connectivity index (χ4v) is 1.57. The van der Waals surface area contributed by atoms with Gasteiger partial charge in [-0.25, -0.2) is 9.59 Å². The summed E-state index contributed by atoms with van der Waals surface area (Å²) in [6.07, 6.45) is 1.99. The van der Waals surface area contributed by atoms with Crippen LogP contribution in [-0.2, 0) is 42.8 Å². The van der Waals surface area contributed by atoms with Crippen LogP contribution in [0.1, 0.15) is 13.3 Å². The quantitative estimate of drug-likeness (QED) is 0.155. The molecule has 9 nitrogen and oxygen atoms in total. The molecule has 0 aliphatic carbocycles. The predicted octanol–water partition coefficient (Wildman–Crippen LogP) is 0.816. The Morgan fingerprint density at radius 2 is 1.26 bits per heavy atom. The van der Waals surface area contributed by atoms with Crippen LogP contribution in [0.5, 0.6) is 0 Å². The molecule has 0 aromatic carbocycles. The first-order valence-electron chi connectivity index (χ1n) is 8.54. The normalized spacial score (nSPS) is 10.3. The lowest BCUT2D eigenvalue weighted by Crippen LogP contribution is -2.29. The van der Waals surface area contributed by atoms with Crippen molar-refractivity contribution in [3.05, 3.63) is 25.3 Å². The molecule has 0 aliphatic rings. The average Bonchev–Trinajstić information content (AvgIpc) is 2.68. The predicted molar refractivity (Wildman–Crippen MR) is 94.9 cm³/mol. The largest absolute Gasteiger partial charge is 0.463 e. The van der Waals surface area contributed by atoms with Crippen LogP contribution in [0, 0.1) is 0 Å². The van der Waals surface area contributed by atoms with Crippen molar-refractivity contribution in [2.24, 2.45) is 0 Å². The van der Waals surface area contributed by atoms with Gasteiger partial charge >= 0.3 is 17.9 Å². The Morgan fingerprint density at radius 3 is 1.70 bits per heavy atom. The van der Waals surface area contributed by atoms with E-state index in [0.29, 0.717) is 6.42 Å². The maximum Gasteiger partial charge on any atom is 0.330 e. The van der Waals surface area contributed by atoms with Gasteiger partial charge in [0.15, 0.2) is 0 Å². The van der Waals surface area contributed by atoms with E-state index in [1.807, 2.05) is 0 Å². The summed E-state index contributed by atoms with van der Waals surface area (Å²) in [5, 5.41) is 0. The molecule has 0 spiro atoms. The number of hydrogen-bond acceptors (Lipinski definition) is 9. The highest BCUT2D eigenvalue weighted by Crippen LogP contribution is 1.98. The summed E-state index contributed by atoms with van der Waals surface area (Å²) >= 11 is 0. The average molecular weight is 388 g/mol. The lowest BCUT2D eigenvalue weighted by molar-refractivity contribution is -0.148. The molecular weight excluding hydrogens is 360 g/mol. The van der Waals surface area contributed by atoms with Crippen molar-refractivity contribution in [1.82, 2.24) is 0 Å². The highest BCUT2D eigenvalue weighted by molar-refractivity contribution is 5.81. The highest BCUT2D eigenvalue weighted by Gasteiger charge is 2.11. The molecular formula is C18H28O9.